The van der Waals surface area contributed by atoms with Crippen molar-refractivity contribution in [3.05, 3.63) is 29.5 Å². The van der Waals surface area contributed by atoms with E-state index in [2.05, 4.69) is 4.98 Å². The lowest BCUT2D eigenvalue weighted by molar-refractivity contribution is -0.153. The molecule has 18 heavy (non-hydrogen) atoms. The van der Waals surface area contributed by atoms with E-state index in [4.69, 9.17) is 4.74 Å². The van der Waals surface area contributed by atoms with E-state index < -0.39 is 12.1 Å². The van der Waals surface area contributed by atoms with Crippen LogP contribution < -0.4 is 0 Å². The van der Waals surface area contributed by atoms with Gasteiger partial charge in [0.05, 0.1) is 6.61 Å². The molecular weight excluding hydrogens is 234 g/mol. The van der Waals surface area contributed by atoms with E-state index in [1.807, 2.05) is 6.92 Å². The van der Waals surface area contributed by atoms with Crippen LogP contribution in [0.2, 0.25) is 0 Å². The number of carbonyl (C=O) groups is 1. The fourth-order valence-corrected chi connectivity index (χ4v) is 1.91. The summed E-state index contributed by atoms with van der Waals surface area (Å²) in [5.74, 6) is -0.864. The highest BCUT2D eigenvalue weighted by atomic mass is 16.5. The van der Waals surface area contributed by atoms with Crippen LogP contribution in [0, 0.1) is 6.92 Å². The van der Waals surface area contributed by atoms with Gasteiger partial charge in [-0.1, -0.05) is 6.07 Å². The SMILES string of the molecule is CCOC(=O)C(O)c1ccc2[nH]c(C)cc2c1O. The highest BCUT2D eigenvalue weighted by Gasteiger charge is 2.23. The predicted octanol–water partition coefficient (Wildman–Crippen LogP) is 1.78. The molecule has 0 saturated carbocycles. The molecule has 3 N–H and O–H groups in total. The average molecular weight is 249 g/mol. The number of phenolic OH excluding ortho intramolecular Hbond substituents is 1. The van der Waals surface area contributed by atoms with E-state index in [0.717, 1.165) is 11.2 Å². The summed E-state index contributed by atoms with van der Waals surface area (Å²) in [4.78, 5) is 14.5. The van der Waals surface area contributed by atoms with Gasteiger partial charge in [0.2, 0.25) is 0 Å². The number of aromatic nitrogens is 1. The second kappa shape index (κ2) is 4.70. The van der Waals surface area contributed by atoms with Gasteiger partial charge in [-0.05, 0) is 26.0 Å². The highest BCUT2D eigenvalue weighted by molar-refractivity contribution is 5.90. The standard InChI is InChI=1S/C13H15NO4/c1-3-18-13(17)12(16)8-4-5-10-9(11(8)15)6-7(2)14-10/h4-6,12,14-16H,3H2,1-2H3. The van der Waals surface area contributed by atoms with Crippen LogP contribution in [0.15, 0.2) is 18.2 Å². The number of aromatic amines is 1. The van der Waals surface area contributed by atoms with Crippen molar-refractivity contribution in [1.29, 1.82) is 0 Å². The number of ether oxygens (including phenoxy) is 1. The number of aliphatic hydroxyl groups is 1. The maximum atomic E-state index is 11.4. The second-order valence-electron chi connectivity index (χ2n) is 4.07. The molecule has 0 radical (unpaired) electrons. The Hall–Kier alpha value is -2.01. The molecule has 2 aromatic rings. The van der Waals surface area contributed by atoms with E-state index in [9.17, 15) is 15.0 Å². The van der Waals surface area contributed by atoms with Gasteiger partial charge in [-0.15, -0.1) is 0 Å². The number of H-pyrrole nitrogens is 1. The Kier molecular flexibility index (Phi) is 3.25. The molecule has 5 heteroatoms. The second-order valence-corrected chi connectivity index (χ2v) is 4.07. The van der Waals surface area contributed by atoms with Crippen molar-refractivity contribution in [2.75, 3.05) is 6.61 Å². The molecule has 0 bridgehead atoms. The zero-order valence-electron chi connectivity index (χ0n) is 10.2. The molecule has 2 rings (SSSR count). The molecule has 1 heterocycles. The quantitative estimate of drug-likeness (QED) is 0.724. The number of hydrogen-bond donors (Lipinski definition) is 3. The first-order valence-electron chi connectivity index (χ1n) is 5.70. The number of benzene rings is 1. The summed E-state index contributed by atoms with van der Waals surface area (Å²) in [5.41, 5.74) is 1.80. The molecule has 1 aromatic carbocycles. The number of hydrogen-bond acceptors (Lipinski definition) is 4. The summed E-state index contributed by atoms with van der Waals surface area (Å²) in [6.45, 7) is 3.70. The van der Waals surface area contributed by atoms with Crippen LogP contribution in [-0.4, -0.2) is 27.8 Å². The first kappa shape index (κ1) is 12.4. The minimum absolute atomic E-state index is 0.0996. The average Bonchev–Trinajstić information content (AvgIpc) is 2.71. The number of aryl methyl sites for hydroxylation is 1. The fourth-order valence-electron chi connectivity index (χ4n) is 1.91. The van der Waals surface area contributed by atoms with Crippen molar-refractivity contribution in [2.45, 2.75) is 20.0 Å². The Labute approximate surface area is 104 Å². The van der Waals surface area contributed by atoms with E-state index in [1.54, 1.807) is 19.1 Å². The minimum atomic E-state index is -1.47. The van der Waals surface area contributed by atoms with Crippen LogP contribution in [0.3, 0.4) is 0 Å². The summed E-state index contributed by atoms with van der Waals surface area (Å²) < 4.78 is 4.72. The highest BCUT2D eigenvalue weighted by Crippen LogP contribution is 2.33. The Morgan fingerprint density at radius 2 is 2.22 bits per heavy atom. The van der Waals surface area contributed by atoms with E-state index in [1.165, 1.54) is 6.07 Å². The lowest BCUT2D eigenvalue weighted by Crippen LogP contribution is -2.15. The Morgan fingerprint density at radius 1 is 1.50 bits per heavy atom. The van der Waals surface area contributed by atoms with Crippen LogP contribution in [0.25, 0.3) is 10.9 Å². The smallest absolute Gasteiger partial charge is 0.339 e. The van der Waals surface area contributed by atoms with Crippen LogP contribution in [0.1, 0.15) is 24.3 Å². The van der Waals surface area contributed by atoms with Gasteiger partial charge in [0.25, 0.3) is 0 Å². The van der Waals surface area contributed by atoms with Gasteiger partial charge in [-0.3, -0.25) is 0 Å². The van der Waals surface area contributed by atoms with E-state index in [0.29, 0.717) is 5.39 Å². The van der Waals surface area contributed by atoms with Crippen LogP contribution in [-0.2, 0) is 9.53 Å². The molecule has 1 atom stereocenters. The fraction of sp³-hybridized carbons (Fsp3) is 0.308. The third kappa shape index (κ3) is 2.04. The third-order valence-electron chi connectivity index (χ3n) is 2.75. The number of aliphatic hydroxyl groups excluding tert-OH is 1. The van der Waals surface area contributed by atoms with Gasteiger partial charge >= 0.3 is 5.97 Å². The molecule has 0 aliphatic heterocycles. The van der Waals surface area contributed by atoms with Gasteiger partial charge in [0, 0.05) is 22.2 Å². The van der Waals surface area contributed by atoms with Gasteiger partial charge in [0.1, 0.15) is 5.75 Å². The van der Waals surface area contributed by atoms with Crippen molar-refractivity contribution >= 4 is 16.9 Å². The van der Waals surface area contributed by atoms with Crippen molar-refractivity contribution in [1.82, 2.24) is 4.98 Å². The number of esters is 1. The van der Waals surface area contributed by atoms with Crippen molar-refractivity contribution in [3.63, 3.8) is 0 Å². The summed E-state index contributed by atoms with van der Waals surface area (Å²) in [6.07, 6.45) is -1.47. The first-order valence-corrected chi connectivity index (χ1v) is 5.70. The number of nitrogens with one attached hydrogen (secondary N) is 1. The normalized spacial score (nSPS) is 12.6. The summed E-state index contributed by atoms with van der Waals surface area (Å²) >= 11 is 0. The Bertz CT molecular complexity index is 588. The lowest BCUT2D eigenvalue weighted by Gasteiger charge is -2.11. The molecule has 0 saturated heterocycles. The van der Waals surface area contributed by atoms with Gasteiger partial charge < -0.3 is 19.9 Å². The molecular formula is C13H15NO4. The van der Waals surface area contributed by atoms with Crippen LogP contribution in [0.4, 0.5) is 0 Å². The maximum Gasteiger partial charge on any atom is 0.339 e. The van der Waals surface area contributed by atoms with Gasteiger partial charge in [-0.25, -0.2) is 4.79 Å². The topological polar surface area (TPSA) is 82.5 Å². The molecule has 0 amide bonds. The van der Waals surface area contributed by atoms with Crippen molar-refractivity contribution < 1.29 is 19.7 Å². The zero-order chi connectivity index (χ0) is 13.3. The monoisotopic (exact) mass is 249 g/mol. The molecule has 1 aromatic heterocycles. The first-order chi connectivity index (χ1) is 8.54. The van der Waals surface area contributed by atoms with Crippen LogP contribution >= 0.6 is 0 Å². The van der Waals surface area contributed by atoms with Gasteiger partial charge in [-0.2, -0.15) is 0 Å². The molecule has 96 valence electrons. The Morgan fingerprint density at radius 3 is 2.89 bits per heavy atom. The van der Waals surface area contributed by atoms with Crippen molar-refractivity contribution in [2.24, 2.45) is 0 Å². The number of carbonyl (C=O) groups excluding carboxylic acids is 1. The number of rotatable bonds is 3. The number of fused-ring (bicyclic) bond motifs is 1. The van der Waals surface area contributed by atoms with Crippen LogP contribution in [0.5, 0.6) is 5.75 Å². The summed E-state index contributed by atoms with van der Waals surface area (Å²) in [5, 5.41) is 20.5. The van der Waals surface area contributed by atoms with E-state index >= 15 is 0 Å². The molecule has 0 aliphatic rings. The zero-order valence-corrected chi connectivity index (χ0v) is 10.2. The van der Waals surface area contributed by atoms with Gasteiger partial charge in [0.15, 0.2) is 6.10 Å². The number of aromatic hydroxyl groups is 1. The molecule has 0 spiro atoms. The lowest BCUT2D eigenvalue weighted by atomic mass is 10.1. The molecule has 0 aliphatic carbocycles. The van der Waals surface area contributed by atoms with Crippen molar-refractivity contribution in [3.8, 4) is 5.75 Å². The maximum absolute atomic E-state index is 11.4. The minimum Gasteiger partial charge on any atom is -0.507 e. The molecule has 0 fully saturated rings. The number of phenols is 1. The molecule has 1 unspecified atom stereocenters. The largest absolute Gasteiger partial charge is 0.507 e. The third-order valence-corrected chi connectivity index (χ3v) is 2.75. The molecule has 5 nitrogen and oxygen atoms in total. The summed E-state index contributed by atoms with van der Waals surface area (Å²) in [7, 11) is 0. The Balaban J connectivity index is 2.45. The van der Waals surface area contributed by atoms with E-state index in [-0.39, 0.29) is 17.9 Å². The summed E-state index contributed by atoms with van der Waals surface area (Å²) in [6, 6.07) is 4.97. The predicted molar refractivity (Wildman–Crippen MR) is 66.3 cm³/mol.